The second-order valence-electron chi connectivity index (χ2n) is 7.17. The molecule has 0 fully saturated rings. The van der Waals surface area contributed by atoms with Gasteiger partial charge in [-0.15, -0.1) is 0 Å². The Bertz CT molecular complexity index is 1080. The summed E-state index contributed by atoms with van der Waals surface area (Å²) in [5.74, 6) is -0.355. The highest BCUT2D eigenvalue weighted by molar-refractivity contribution is 6.22. The molecule has 5 heteroatoms. The summed E-state index contributed by atoms with van der Waals surface area (Å²) < 4.78 is 10.7. The normalized spacial score (nSPS) is 11.0. The van der Waals surface area contributed by atoms with E-state index >= 15 is 0 Å². The van der Waals surface area contributed by atoms with Gasteiger partial charge in [0, 0.05) is 11.3 Å². The van der Waals surface area contributed by atoms with Gasteiger partial charge in [-0.25, -0.2) is 4.79 Å². The molecule has 1 N–H and O–H groups in total. The van der Waals surface area contributed by atoms with Crippen LogP contribution in [0, 0.1) is 13.8 Å². The van der Waals surface area contributed by atoms with Crippen molar-refractivity contribution < 1.29 is 19.1 Å². The van der Waals surface area contributed by atoms with Crippen LogP contribution in [0.5, 0.6) is 5.75 Å². The quantitative estimate of drug-likeness (QED) is 0.334. The van der Waals surface area contributed by atoms with Gasteiger partial charge in [-0.2, -0.15) is 0 Å². The fourth-order valence-electron chi connectivity index (χ4n) is 3.27. The molecule has 0 spiro atoms. The van der Waals surface area contributed by atoms with Crippen LogP contribution in [0.25, 0.3) is 11.6 Å². The summed E-state index contributed by atoms with van der Waals surface area (Å²) in [5, 5.41) is 2.77. The number of hydrogen-bond donors (Lipinski definition) is 1. The lowest BCUT2D eigenvalue weighted by Gasteiger charge is -2.11. The Morgan fingerprint density at radius 2 is 1.55 bits per heavy atom. The molecule has 5 nitrogen and oxygen atoms in total. The van der Waals surface area contributed by atoms with E-state index in [1.807, 2.05) is 86.6 Å². The number of esters is 1. The van der Waals surface area contributed by atoms with E-state index in [2.05, 4.69) is 5.32 Å². The molecule has 0 aromatic heterocycles. The summed E-state index contributed by atoms with van der Waals surface area (Å²) in [7, 11) is 1.57. The van der Waals surface area contributed by atoms with Gasteiger partial charge >= 0.3 is 5.97 Å². The van der Waals surface area contributed by atoms with E-state index in [1.165, 1.54) is 0 Å². The molecule has 0 saturated heterocycles. The van der Waals surface area contributed by atoms with Crippen molar-refractivity contribution in [2.45, 2.75) is 13.8 Å². The minimum atomic E-state index is -0.590. The van der Waals surface area contributed by atoms with Gasteiger partial charge in [-0.05, 0) is 54.8 Å². The van der Waals surface area contributed by atoms with E-state index in [0.717, 1.165) is 16.7 Å². The Labute approximate surface area is 182 Å². The summed E-state index contributed by atoms with van der Waals surface area (Å²) in [5.41, 5.74) is 4.51. The number of nitrogens with one attached hydrogen (secondary N) is 1. The van der Waals surface area contributed by atoms with Crippen molar-refractivity contribution in [2.75, 3.05) is 19.0 Å². The zero-order valence-corrected chi connectivity index (χ0v) is 17.8. The zero-order chi connectivity index (χ0) is 22.2. The third kappa shape index (κ3) is 6.06. The summed E-state index contributed by atoms with van der Waals surface area (Å²) >= 11 is 0. The van der Waals surface area contributed by atoms with Crippen LogP contribution in [0.3, 0.4) is 0 Å². The number of ether oxygens (including phenoxy) is 2. The minimum Gasteiger partial charge on any atom is -0.496 e. The monoisotopic (exact) mass is 415 g/mol. The maximum Gasteiger partial charge on any atom is 0.339 e. The van der Waals surface area contributed by atoms with Gasteiger partial charge in [0.15, 0.2) is 6.61 Å². The number of anilines is 1. The summed E-state index contributed by atoms with van der Waals surface area (Å²) in [6.07, 6.45) is 1.71. The number of methoxy groups -OCH3 is 1. The molecule has 0 aliphatic rings. The number of aryl methyl sites for hydroxylation is 2. The van der Waals surface area contributed by atoms with E-state index < -0.39 is 11.9 Å². The van der Waals surface area contributed by atoms with E-state index in [4.69, 9.17) is 9.47 Å². The standard InChI is InChI=1S/C26H25NO4/c1-18-13-19(2)15-22(14-18)27-25(28)17-31-26(29)23(20-9-5-4-6-10-20)16-21-11-7-8-12-24(21)30-3/h4-16H,17H2,1-3H3,(H,27,28)/b23-16+. The lowest BCUT2D eigenvalue weighted by molar-refractivity contribution is -0.141. The van der Waals surface area contributed by atoms with Crippen LogP contribution < -0.4 is 10.1 Å². The molecular formula is C26H25NO4. The smallest absolute Gasteiger partial charge is 0.339 e. The van der Waals surface area contributed by atoms with E-state index in [9.17, 15) is 9.59 Å². The Morgan fingerprint density at radius 1 is 0.903 bits per heavy atom. The third-order valence-electron chi connectivity index (χ3n) is 4.58. The molecule has 0 saturated carbocycles. The van der Waals surface area contributed by atoms with Gasteiger partial charge in [0.05, 0.1) is 12.7 Å². The highest BCUT2D eigenvalue weighted by atomic mass is 16.5. The molecule has 3 rings (SSSR count). The molecule has 0 aliphatic heterocycles. The van der Waals surface area contributed by atoms with Gasteiger partial charge < -0.3 is 14.8 Å². The Balaban J connectivity index is 1.77. The van der Waals surface area contributed by atoms with Crippen LogP contribution in [0.15, 0.2) is 72.8 Å². The van der Waals surface area contributed by atoms with E-state index in [0.29, 0.717) is 22.6 Å². The SMILES string of the molecule is COc1ccccc1/C=C(/C(=O)OCC(=O)Nc1cc(C)cc(C)c1)c1ccccc1. The largest absolute Gasteiger partial charge is 0.496 e. The number of rotatable bonds is 7. The average molecular weight is 415 g/mol. The molecular weight excluding hydrogens is 390 g/mol. The van der Waals surface area contributed by atoms with Crippen molar-refractivity contribution in [1.29, 1.82) is 0 Å². The van der Waals surface area contributed by atoms with Crippen LogP contribution in [0.4, 0.5) is 5.69 Å². The van der Waals surface area contributed by atoms with Crippen LogP contribution in [0.2, 0.25) is 0 Å². The van der Waals surface area contributed by atoms with Crippen molar-refractivity contribution in [3.63, 3.8) is 0 Å². The predicted molar refractivity (Wildman–Crippen MR) is 123 cm³/mol. The zero-order valence-electron chi connectivity index (χ0n) is 17.8. The number of benzene rings is 3. The van der Waals surface area contributed by atoms with Crippen molar-refractivity contribution in [1.82, 2.24) is 0 Å². The fourth-order valence-corrected chi connectivity index (χ4v) is 3.27. The Morgan fingerprint density at radius 3 is 2.23 bits per heavy atom. The maximum absolute atomic E-state index is 12.9. The Hall–Kier alpha value is -3.86. The first kappa shape index (κ1) is 21.8. The van der Waals surface area contributed by atoms with Crippen LogP contribution in [-0.4, -0.2) is 25.6 Å². The predicted octanol–water partition coefficient (Wildman–Crippen LogP) is 5.03. The van der Waals surface area contributed by atoms with Crippen LogP contribution in [0.1, 0.15) is 22.3 Å². The van der Waals surface area contributed by atoms with E-state index in [1.54, 1.807) is 13.2 Å². The summed E-state index contributed by atoms with van der Waals surface area (Å²) in [4.78, 5) is 25.2. The average Bonchev–Trinajstić information content (AvgIpc) is 2.76. The van der Waals surface area contributed by atoms with Gasteiger partial charge in [0.25, 0.3) is 5.91 Å². The van der Waals surface area contributed by atoms with Gasteiger partial charge in [0.1, 0.15) is 5.75 Å². The first-order valence-electron chi connectivity index (χ1n) is 9.91. The lowest BCUT2D eigenvalue weighted by atomic mass is 10.0. The molecule has 3 aromatic rings. The van der Waals surface area contributed by atoms with Gasteiger partial charge in [-0.1, -0.05) is 54.6 Å². The highest BCUT2D eigenvalue weighted by Crippen LogP contribution is 2.25. The number of hydrogen-bond acceptors (Lipinski definition) is 4. The molecule has 0 heterocycles. The summed E-state index contributed by atoms with van der Waals surface area (Å²) in [6, 6.07) is 22.3. The molecule has 3 aromatic carbocycles. The third-order valence-corrected chi connectivity index (χ3v) is 4.58. The number of carbonyl (C=O) groups is 2. The van der Waals surface area contributed by atoms with Crippen LogP contribution in [-0.2, 0) is 14.3 Å². The first-order valence-corrected chi connectivity index (χ1v) is 9.91. The maximum atomic E-state index is 12.9. The number of carbonyl (C=O) groups excluding carboxylic acids is 2. The molecule has 31 heavy (non-hydrogen) atoms. The topological polar surface area (TPSA) is 64.6 Å². The van der Waals surface area contributed by atoms with Crippen molar-refractivity contribution in [2.24, 2.45) is 0 Å². The van der Waals surface area contributed by atoms with Gasteiger partial charge in [-0.3, -0.25) is 4.79 Å². The van der Waals surface area contributed by atoms with E-state index in [-0.39, 0.29) is 6.61 Å². The molecule has 0 bridgehead atoms. The molecule has 0 aliphatic carbocycles. The van der Waals surface area contributed by atoms with Crippen molar-refractivity contribution in [3.8, 4) is 5.75 Å². The molecule has 1 amide bonds. The van der Waals surface area contributed by atoms with Gasteiger partial charge in [0.2, 0.25) is 0 Å². The summed E-state index contributed by atoms with van der Waals surface area (Å²) in [6.45, 7) is 3.52. The van der Waals surface area contributed by atoms with Crippen molar-refractivity contribution >= 4 is 29.2 Å². The highest BCUT2D eigenvalue weighted by Gasteiger charge is 2.16. The molecule has 0 atom stereocenters. The first-order chi connectivity index (χ1) is 15.0. The number of amides is 1. The van der Waals surface area contributed by atoms with Crippen LogP contribution >= 0.6 is 0 Å². The Kier molecular flexibility index (Phi) is 7.22. The lowest BCUT2D eigenvalue weighted by Crippen LogP contribution is -2.21. The fraction of sp³-hybridized carbons (Fsp3) is 0.154. The second kappa shape index (κ2) is 10.3. The molecule has 0 radical (unpaired) electrons. The molecule has 0 unspecified atom stereocenters. The molecule has 158 valence electrons. The minimum absolute atomic E-state index is 0.337. The van der Waals surface area contributed by atoms with Crippen molar-refractivity contribution in [3.05, 3.63) is 95.1 Å². The second-order valence-corrected chi connectivity index (χ2v) is 7.17. The number of para-hydroxylation sites is 1.